The summed E-state index contributed by atoms with van der Waals surface area (Å²) in [6, 6.07) is 17.1. The number of nitriles is 1. The third-order valence-corrected chi connectivity index (χ3v) is 5.22. The third kappa shape index (κ3) is 6.67. The number of sulfonamides is 1. The molecule has 26 heavy (non-hydrogen) atoms. The van der Waals surface area contributed by atoms with Crippen LogP contribution in [0, 0.1) is 11.3 Å². The first-order valence-corrected chi connectivity index (χ1v) is 9.78. The Bertz CT molecular complexity index is 872. The maximum absolute atomic E-state index is 12.5. The van der Waals surface area contributed by atoms with E-state index in [0.29, 0.717) is 17.5 Å². The van der Waals surface area contributed by atoms with Gasteiger partial charge in [-0.25, -0.2) is 13.1 Å². The smallest absolute Gasteiger partial charge is 0.303 e. The van der Waals surface area contributed by atoms with E-state index in [1.165, 1.54) is 0 Å². The Morgan fingerprint density at radius 2 is 1.73 bits per heavy atom. The summed E-state index contributed by atoms with van der Waals surface area (Å²) in [5.74, 6) is -1.19. The molecule has 0 aliphatic heterocycles. The Morgan fingerprint density at radius 3 is 2.31 bits per heavy atom. The van der Waals surface area contributed by atoms with Gasteiger partial charge in [0.15, 0.2) is 0 Å². The zero-order valence-corrected chi connectivity index (χ0v) is 14.9. The molecule has 2 aromatic carbocycles. The molecule has 0 radical (unpaired) electrons. The van der Waals surface area contributed by atoms with Crippen LogP contribution in [0.5, 0.6) is 0 Å². The number of nitrogens with zero attached hydrogens (tertiary/aromatic N) is 1. The van der Waals surface area contributed by atoms with Gasteiger partial charge >= 0.3 is 5.97 Å². The zero-order valence-electron chi connectivity index (χ0n) is 14.1. The van der Waals surface area contributed by atoms with Crippen LogP contribution in [0.25, 0.3) is 0 Å². The molecule has 7 heteroatoms. The summed E-state index contributed by atoms with van der Waals surface area (Å²) in [4.78, 5) is 10.9. The van der Waals surface area contributed by atoms with E-state index >= 15 is 0 Å². The molecule has 0 aromatic heterocycles. The number of benzene rings is 2. The Balaban J connectivity index is 2.08. The number of carboxylic acids is 1. The van der Waals surface area contributed by atoms with Crippen LogP contribution in [-0.4, -0.2) is 25.5 Å². The summed E-state index contributed by atoms with van der Waals surface area (Å²) in [5.41, 5.74) is 1.96. The van der Waals surface area contributed by atoms with Crippen LogP contribution in [0.4, 0.5) is 0 Å². The molecule has 2 rings (SSSR count). The van der Waals surface area contributed by atoms with Crippen LogP contribution in [0.3, 0.4) is 0 Å². The molecule has 0 saturated carbocycles. The second kappa shape index (κ2) is 9.13. The highest BCUT2D eigenvalue weighted by Crippen LogP contribution is 2.12. The molecule has 0 heterocycles. The van der Waals surface area contributed by atoms with Gasteiger partial charge in [0.25, 0.3) is 0 Å². The maximum atomic E-state index is 12.5. The molecule has 0 bridgehead atoms. The Kier molecular flexibility index (Phi) is 6.89. The lowest BCUT2D eigenvalue weighted by Gasteiger charge is -2.18. The molecule has 0 saturated heterocycles. The van der Waals surface area contributed by atoms with Crippen LogP contribution in [0.2, 0.25) is 0 Å². The molecule has 0 aliphatic rings. The highest BCUT2D eigenvalue weighted by atomic mass is 32.2. The summed E-state index contributed by atoms with van der Waals surface area (Å²) < 4.78 is 27.6. The van der Waals surface area contributed by atoms with Gasteiger partial charge in [0.2, 0.25) is 10.0 Å². The Morgan fingerprint density at radius 1 is 1.08 bits per heavy atom. The van der Waals surface area contributed by atoms with Crippen LogP contribution in [0.15, 0.2) is 54.6 Å². The highest BCUT2D eigenvalue weighted by molar-refractivity contribution is 7.88. The molecule has 1 unspecified atom stereocenters. The predicted octanol–water partition coefficient (Wildman–Crippen LogP) is 2.45. The first-order chi connectivity index (χ1) is 12.4. The van der Waals surface area contributed by atoms with Crippen LogP contribution in [0.1, 0.15) is 29.5 Å². The molecule has 6 nitrogen and oxygen atoms in total. The summed E-state index contributed by atoms with van der Waals surface area (Å²) in [5, 5.41) is 17.7. The predicted molar refractivity (Wildman–Crippen MR) is 97.7 cm³/mol. The minimum absolute atomic E-state index is 0.114. The molecule has 0 fully saturated rings. The number of carboxylic acid groups (broad SMARTS) is 1. The summed E-state index contributed by atoms with van der Waals surface area (Å²) in [6.45, 7) is 0. The maximum Gasteiger partial charge on any atom is 0.303 e. The van der Waals surface area contributed by atoms with Crippen LogP contribution >= 0.6 is 0 Å². The molecule has 2 aromatic rings. The fraction of sp³-hybridized carbons (Fsp3) is 0.263. The van der Waals surface area contributed by atoms with Crippen molar-refractivity contribution in [3.63, 3.8) is 0 Å². The molecule has 136 valence electrons. The second-order valence-corrected chi connectivity index (χ2v) is 7.76. The van der Waals surface area contributed by atoms with Crippen molar-refractivity contribution in [3.8, 4) is 6.07 Å². The highest BCUT2D eigenvalue weighted by Gasteiger charge is 2.20. The van der Waals surface area contributed by atoms with E-state index in [2.05, 4.69) is 4.72 Å². The topological polar surface area (TPSA) is 107 Å². The molecule has 0 spiro atoms. The van der Waals surface area contributed by atoms with Crippen molar-refractivity contribution in [2.45, 2.75) is 31.1 Å². The minimum atomic E-state index is -3.65. The number of nitrogens with one attached hydrogen (secondary N) is 1. The van der Waals surface area contributed by atoms with Gasteiger partial charge in [-0.05, 0) is 36.1 Å². The molecule has 2 N–H and O–H groups in total. The largest absolute Gasteiger partial charge is 0.481 e. The van der Waals surface area contributed by atoms with Crippen molar-refractivity contribution in [2.24, 2.45) is 0 Å². The van der Waals surface area contributed by atoms with E-state index in [0.717, 1.165) is 5.56 Å². The van der Waals surface area contributed by atoms with E-state index in [1.54, 1.807) is 24.3 Å². The molecule has 1 atom stereocenters. The number of rotatable bonds is 9. The normalized spacial score (nSPS) is 12.3. The monoisotopic (exact) mass is 372 g/mol. The van der Waals surface area contributed by atoms with Gasteiger partial charge in [-0.2, -0.15) is 5.26 Å². The summed E-state index contributed by atoms with van der Waals surface area (Å²) in [7, 11) is -3.65. The van der Waals surface area contributed by atoms with Crippen molar-refractivity contribution in [1.29, 1.82) is 5.26 Å². The number of carbonyl (C=O) groups is 1. The number of aliphatic carboxylic acids is 1. The van der Waals surface area contributed by atoms with Crippen molar-refractivity contribution >= 4 is 16.0 Å². The fourth-order valence-electron chi connectivity index (χ4n) is 2.59. The van der Waals surface area contributed by atoms with Crippen molar-refractivity contribution < 1.29 is 18.3 Å². The van der Waals surface area contributed by atoms with E-state index < -0.39 is 22.0 Å². The van der Waals surface area contributed by atoms with Gasteiger partial charge in [0.1, 0.15) is 0 Å². The molecule has 0 aliphatic carbocycles. The molecule has 0 amide bonds. The summed E-state index contributed by atoms with van der Waals surface area (Å²) in [6.07, 6.45) is 0.508. The van der Waals surface area contributed by atoms with E-state index in [4.69, 9.17) is 10.4 Å². The van der Waals surface area contributed by atoms with Gasteiger partial charge in [-0.15, -0.1) is 0 Å². The van der Waals surface area contributed by atoms with Crippen molar-refractivity contribution in [3.05, 3.63) is 71.3 Å². The lowest BCUT2D eigenvalue weighted by atomic mass is 10.0. The van der Waals surface area contributed by atoms with Gasteiger partial charge in [0, 0.05) is 12.5 Å². The average Bonchev–Trinajstić information content (AvgIpc) is 2.60. The van der Waals surface area contributed by atoms with Crippen molar-refractivity contribution in [1.82, 2.24) is 4.72 Å². The first kappa shape index (κ1) is 19.6. The van der Waals surface area contributed by atoms with Gasteiger partial charge in [0.05, 0.1) is 17.4 Å². The van der Waals surface area contributed by atoms with E-state index in [9.17, 15) is 13.2 Å². The second-order valence-electron chi connectivity index (χ2n) is 6.00. The zero-order chi connectivity index (χ0) is 19.0. The minimum Gasteiger partial charge on any atom is -0.481 e. The van der Waals surface area contributed by atoms with Gasteiger partial charge in [-0.1, -0.05) is 42.5 Å². The third-order valence-electron chi connectivity index (χ3n) is 3.82. The Hall–Kier alpha value is -2.69. The van der Waals surface area contributed by atoms with E-state index in [1.807, 2.05) is 36.4 Å². The first-order valence-electron chi connectivity index (χ1n) is 8.13. The molecular formula is C19H20N2O4S. The van der Waals surface area contributed by atoms with Gasteiger partial charge < -0.3 is 5.11 Å². The lowest BCUT2D eigenvalue weighted by Crippen LogP contribution is -2.37. The Labute approximate surface area is 153 Å². The van der Waals surface area contributed by atoms with Gasteiger partial charge in [-0.3, -0.25) is 4.79 Å². The summed E-state index contributed by atoms with van der Waals surface area (Å²) >= 11 is 0. The quantitative estimate of drug-likeness (QED) is 0.703. The molecular weight excluding hydrogens is 352 g/mol. The van der Waals surface area contributed by atoms with Crippen LogP contribution in [-0.2, 0) is 27.0 Å². The number of hydrogen-bond acceptors (Lipinski definition) is 4. The number of hydrogen-bond donors (Lipinski definition) is 2. The van der Waals surface area contributed by atoms with E-state index in [-0.39, 0.29) is 18.6 Å². The standard InChI is InChI=1S/C19H20N2O4S/c20-13-16-6-8-17(9-7-16)14-26(24,25)21-18(10-11-19(22)23)12-15-4-2-1-3-5-15/h1-9,18,21H,10-12,14H2,(H,22,23). The average molecular weight is 372 g/mol. The van der Waals surface area contributed by atoms with Crippen molar-refractivity contribution in [2.75, 3.05) is 0 Å². The lowest BCUT2D eigenvalue weighted by molar-refractivity contribution is -0.137. The SMILES string of the molecule is N#Cc1ccc(CS(=O)(=O)NC(CCC(=O)O)Cc2ccccc2)cc1. The fourth-order valence-corrected chi connectivity index (χ4v) is 4.01. The van der Waals surface area contributed by atoms with Crippen LogP contribution < -0.4 is 4.72 Å².